The summed E-state index contributed by atoms with van der Waals surface area (Å²) in [6.07, 6.45) is 0.113. The molecule has 8 heteroatoms. The Morgan fingerprint density at radius 2 is 1.87 bits per heavy atom. The highest BCUT2D eigenvalue weighted by Gasteiger charge is 2.13. The lowest BCUT2D eigenvalue weighted by molar-refractivity contribution is -0.120. The Morgan fingerprint density at radius 1 is 1.13 bits per heavy atom. The molecule has 2 N–H and O–H groups in total. The van der Waals surface area contributed by atoms with E-state index in [0.717, 1.165) is 31.8 Å². The molecule has 1 aromatic carbocycles. The van der Waals surface area contributed by atoms with Crippen LogP contribution in [0, 0.1) is 17.5 Å². The highest BCUT2D eigenvalue weighted by Crippen LogP contribution is 2.19. The molecule has 5 nitrogen and oxygen atoms in total. The number of amides is 1. The fourth-order valence-corrected chi connectivity index (χ4v) is 2.24. The van der Waals surface area contributed by atoms with Gasteiger partial charge in [-0.25, -0.2) is 13.2 Å². The molecule has 0 spiro atoms. The number of anilines is 1. The van der Waals surface area contributed by atoms with Crippen molar-refractivity contribution in [2.24, 2.45) is 0 Å². The van der Waals surface area contributed by atoms with Crippen molar-refractivity contribution >= 4 is 11.6 Å². The van der Waals surface area contributed by atoms with Crippen LogP contribution >= 0.6 is 0 Å². The van der Waals surface area contributed by atoms with E-state index >= 15 is 0 Å². The Morgan fingerprint density at radius 3 is 2.61 bits per heavy atom. The van der Waals surface area contributed by atoms with E-state index in [1.807, 2.05) is 0 Å². The fraction of sp³-hybridized carbons (Fsp3) is 0.533. The molecule has 1 aliphatic rings. The summed E-state index contributed by atoms with van der Waals surface area (Å²) < 4.78 is 44.5. The number of halogens is 3. The van der Waals surface area contributed by atoms with Crippen molar-refractivity contribution in [3.05, 3.63) is 29.6 Å². The Bertz CT molecular complexity index is 537. The second-order valence-electron chi connectivity index (χ2n) is 5.20. The van der Waals surface area contributed by atoms with E-state index in [-0.39, 0.29) is 24.6 Å². The number of hydrogen-bond acceptors (Lipinski definition) is 4. The molecule has 1 amide bonds. The monoisotopic (exact) mass is 331 g/mol. The van der Waals surface area contributed by atoms with Gasteiger partial charge in [0.05, 0.1) is 18.9 Å². The Hall–Kier alpha value is -1.80. The quantitative estimate of drug-likeness (QED) is 0.741. The molecule has 0 bridgehead atoms. The SMILES string of the molecule is O=C(CCNc1ccc(F)c(F)c1F)NCCN1CCOCC1. The summed E-state index contributed by atoms with van der Waals surface area (Å²) in [4.78, 5) is 13.9. The van der Waals surface area contributed by atoms with Gasteiger partial charge in [0, 0.05) is 39.1 Å². The average Bonchev–Trinajstić information content (AvgIpc) is 2.56. The number of nitrogens with zero attached hydrogens (tertiary/aromatic N) is 1. The summed E-state index contributed by atoms with van der Waals surface area (Å²) in [7, 11) is 0. The van der Waals surface area contributed by atoms with Crippen molar-refractivity contribution in [1.82, 2.24) is 10.2 Å². The van der Waals surface area contributed by atoms with E-state index in [9.17, 15) is 18.0 Å². The molecular formula is C15H20F3N3O2. The van der Waals surface area contributed by atoms with Gasteiger partial charge in [-0.3, -0.25) is 9.69 Å². The molecule has 1 heterocycles. The molecule has 0 aromatic heterocycles. The first-order valence-electron chi connectivity index (χ1n) is 7.52. The van der Waals surface area contributed by atoms with Gasteiger partial charge in [0.15, 0.2) is 17.5 Å². The third-order valence-electron chi connectivity index (χ3n) is 3.56. The first-order valence-corrected chi connectivity index (χ1v) is 7.52. The summed E-state index contributed by atoms with van der Waals surface area (Å²) in [5, 5.41) is 5.34. The summed E-state index contributed by atoms with van der Waals surface area (Å²) in [6, 6.07) is 1.94. The van der Waals surface area contributed by atoms with Gasteiger partial charge in [-0.05, 0) is 12.1 Å². The smallest absolute Gasteiger partial charge is 0.221 e. The third-order valence-corrected chi connectivity index (χ3v) is 3.56. The van der Waals surface area contributed by atoms with Gasteiger partial charge in [-0.15, -0.1) is 0 Å². The Balaban J connectivity index is 1.64. The number of carbonyl (C=O) groups excluding carboxylic acids is 1. The lowest BCUT2D eigenvalue weighted by Crippen LogP contribution is -2.41. The zero-order chi connectivity index (χ0) is 16.7. The summed E-state index contributed by atoms with van der Waals surface area (Å²) in [5.74, 6) is -4.23. The van der Waals surface area contributed by atoms with E-state index in [4.69, 9.17) is 4.74 Å². The molecular weight excluding hydrogens is 311 g/mol. The maximum atomic E-state index is 13.4. The first-order chi connectivity index (χ1) is 11.1. The van der Waals surface area contributed by atoms with Crippen molar-refractivity contribution in [2.45, 2.75) is 6.42 Å². The lowest BCUT2D eigenvalue weighted by Gasteiger charge is -2.26. The highest BCUT2D eigenvalue weighted by molar-refractivity contribution is 5.76. The first kappa shape index (κ1) is 17.6. The van der Waals surface area contributed by atoms with Crippen LogP contribution in [0.5, 0.6) is 0 Å². The normalized spacial score (nSPS) is 15.4. The van der Waals surface area contributed by atoms with Crippen LogP contribution in [0.1, 0.15) is 6.42 Å². The summed E-state index contributed by atoms with van der Waals surface area (Å²) >= 11 is 0. The minimum Gasteiger partial charge on any atom is -0.382 e. The van der Waals surface area contributed by atoms with Crippen LogP contribution < -0.4 is 10.6 Å². The molecule has 1 fully saturated rings. The standard InChI is InChI=1S/C15H20F3N3O2/c16-11-1-2-12(15(18)14(11)17)19-4-3-13(22)20-5-6-21-7-9-23-10-8-21/h1-2,19H,3-10H2,(H,20,22). The molecule has 128 valence electrons. The number of hydrogen-bond donors (Lipinski definition) is 2. The van der Waals surface area contributed by atoms with E-state index in [2.05, 4.69) is 15.5 Å². The number of morpholine rings is 1. The molecule has 0 radical (unpaired) electrons. The van der Waals surface area contributed by atoms with Crippen LogP contribution in [-0.2, 0) is 9.53 Å². The number of carbonyl (C=O) groups is 1. The van der Waals surface area contributed by atoms with E-state index < -0.39 is 17.5 Å². The molecule has 2 rings (SSSR count). The molecule has 1 saturated heterocycles. The molecule has 0 atom stereocenters. The maximum absolute atomic E-state index is 13.4. The number of benzene rings is 1. The maximum Gasteiger partial charge on any atom is 0.221 e. The molecule has 1 aliphatic heterocycles. The minimum atomic E-state index is -1.52. The number of rotatable bonds is 7. The number of nitrogens with one attached hydrogen (secondary N) is 2. The zero-order valence-electron chi connectivity index (χ0n) is 12.7. The van der Waals surface area contributed by atoms with Crippen molar-refractivity contribution in [3.8, 4) is 0 Å². The van der Waals surface area contributed by atoms with Gasteiger partial charge in [-0.1, -0.05) is 0 Å². The molecule has 0 unspecified atom stereocenters. The van der Waals surface area contributed by atoms with Crippen LogP contribution in [0.25, 0.3) is 0 Å². The second-order valence-corrected chi connectivity index (χ2v) is 5.20. The van der Waals surface area contributed by atoms with Crippen LogP contribution in [0.4, 0.5) is 18.9 Å². The topological polar surface area (TPSA) is 53.6 Å². The van der Waals surface area contributed by atoms with Gasteiger partial charge in [-0.2, -0.15) is 0 Å². The predicted octanol–water partition coefficient (Wildman–Crippen LogP) is 1.35. The van der Waals surface area contributed by atoms with Gasteiger partial charge in [0.2, 0.25) is 5.91 Å². The third kappa shape index (κ3) is 5.40. The van der Waals surface area contributed by atoms with Crippen LogP contribution in [0.3, 0.4) is 0 Å². The highest BCUT2D eigenvalue weighted by atomic mass is 19.2. The minimum absolute atomic E-state index is 0.113. The summed E-state index contributed by atoms with van der Waals surface area (Å²) in [5.41, 5.74) is -0.162. The molecule has 0 saturated carbocycles. The van der Waals surface area contributed by atoms with E-state index in [1.165, 1.54) is 0 Å². The largest absolute Gasteiger partial charge is 0.382 e. The number of ether oxygens (including phenoxy) is 1. The van der Waals surface area contributed by atoms with Gasteiger partial charge < -0.3 is 15.4 Å². The van der Waals surface area contributed by atoms with Crippen molar-refractivity contribution < 1.29 is 22.7 Å². The Kier molecular flexibility index (Phi) is 6.66. The van der Waals surface area contributed by atoms with Crippen molar-refractivity contribution in [2.75, 3.05) is 51.3 Å². The van der Waals surface area contributed by atoms with Crippen molar-refractivity contribution in [3.63, 3.8) is 0 Å². The zero-order valence-corrected chi connectivity index (χ0v) is 12.7. The van der Waals surface area contributed by atoms with Gasteiger partial charge in [0.1, 0.15) is 0 Å². The molecule has 23 heavy (non-hydrogen) atoms. The van der Waals surface area contributed by atoms with E-state index in [1.54, 1.807) is 0 Å². The Labute approximate surface area is 132 Å². The second kappa shape index (κ2) is 8.73. The van der Waals surface area contributed by atoms with E-state index in [0.29, 0.717) is 19.8 Å². The predicted molar refractivity (Wildman–Crippen MR) is 79.7 cm³/mol. The van der Waals surface area contributed by atoms with Crippen molar-refractivity contribution in [1.29, 1.82) is 0 Å². The van der Waals surface area contributed by atoms with Crippen LogP contribution in [0.15, 0.2) is 12.1 Å². The van der Waals surface area contributed by atoms with Gasteiger partial charge >= 0.3 is 0 Å². The van der Waals surface area contributed by atoms with Gasteiger partial charge in [0.25, 0.3) is 0 Å². The van der Waals surface area contributed by atoms with Crippen LogP contribution in [-0.4, -0.2) is 56.7 Å². The summed E-state index contributed by atoms with van der Waals surface area (Å²) in [6.45, 7) is 4.53. The molecule has 1 aromatic rings. The van der Waals surface area contributed by atoms with Crippen LogP contribution in [0.2, 0.25) is 0 Å². The lowest BCUT2D eigenvalue weighted by atomic mass is 10.2. The fourth-order valence-electron chi connectivity index (χ4n) is 2.24. The molecule has 0 aliphatic carbocycles. The average molecular weight is 331 g/mol.